The highest BCUT2D eigenvalue weighted by Crippen LogP contribution is 2.37. The zero-order valence-electron chi connectivity index (χ0n) is 23.5. The summed E-state index contributed by atoms with van der Waals surface area (Å²) >= 11 is 1.76. The second kappa shape index (κ2) is 13.2. The third-order valence-corrected chi connectivity index (χ3v) is 8.33. The molecule has 0 saturated heterocycles. The minimum absolute atomic E-state index is 0.0429. The molecule has 1 saturated carbocycles. The summed E-state index contributed by atoms with van der Waals surface area (Å²) in [5, 5.41) is 6.39. The van der Waals surface area contributed by atoms with Gasteiger partial charge in [-0.25, -0.2) is 4.39 Å². The van der Waals surface area contributed by atoms with Gasteiger partial charge in [0.25, 0.3) is 0 Å². The number of fused-ring (bicyclic) bond motifs is 1. The van der Waals surface area contributed by atoms with Crippen molar-refractivity contribution in [2.75, 3.05) is 20.2 Å². The Hall–Kier alpha value is -3.19. The smallest absolute Gasteiger partial charge is 0.223 e. The molecule has 3 aromatic rings. The Morgan fingerprint density at radius 3 is 2.77 bits per heavy atom. The number of hydrogen-bond acceptors (Lipinski definition) is 5. The third kappa shape index (κ3) is 7.47. The van der Waals surface area contributed by atoms with E-state index >= 15 is 4.39 Å². The molecule has 1 heterocycles. The highest BCUT2D eigenvalue weighted by molar-refractivity contribution is 7.17. The van der Waals surface area contributed by atoms with Crippen LogP contribution < -0.4 is 15.8 Å². The van der Waals surface area contributed by atoms with E-state index in [1.165, 1.54) is 28.1 Å². The number of nitrogens with zero attached hydrogens (tertiary/aromatic N) is 1. The first-order chi connectivity index (χ1) is 18.8. The molecule has 1 aliphatic carbocycles. The second-order valence-corrected chi connectivity index (χ2v) is 11.7. The molecule has 2 aromatic carbocycles. The van der Waals surface area contributed by atoms with Gasteiger partial charge in [0.1, 0.15) is 0 Å². The summed E-state index contributed by atoms with van der Waals surface area (Å²) in [6.07, 6.45) is 5.74. The number of carbonyl (C=O) groups is 1. The van der Waals surface area contributed by atoms with Gasteiger partial charge in [-0.2, -0.15) is 0 Å². The van der Waals surface area contributed by atoms with Crippen molar-refractivity contribution in [2.45, 2.75) is 59.3 Å². The molecule has 0 unspecified atom stereocenters. The fourth-order valence-electron chi connectivity index (χ4n) is 4.77. The van der Waals surface area contributed by atoms with Gasteiger partial charge >= 0.3 is 0 Å². The fourth-order valence-corrected chi connectivity index (χ4v) is 5.75. The first-order valence-electron chi connectivity index (χ1n) is 13.9. The van der Waals surface area contributed by atoms with Gasteiger partial charge in [-0.3, -0.25) is 9.79 Å². The Bertz CT molecular complexity index is 1370. The molecule has 1 aliphatic rings. The number of nitrogens with two attached hydrogens (primary N) is 1. The van der Waals surface area contributed by atoms with Crippen molar-refractivity contribution < 1.29 is 13.9 Å². The number of aliphatic imine (C=N–C) groups is 1. The molecule has 0 radical (unpaired) electrons. The number of carbonyl (C=O) groups excluding carboxylic acids is 1. The summed E-state index contributed by atoms with van der Waals surface area (Å²) in [6, 6.07) is 11.4. The van der Waals surface area contributed by atoms with Gasteiger partial charge in [-0.15, -0.1) is 11.3 Å². The van der Waals surface area contributed by atoms with Crippen molar-refractivity contribution in [3.8, 4) is 16.9 Å². The van der Waals surface area contributed by atoms with Gasteiger partial charge < -0.3 is 15.8 Å². The van der Waals surface area contributed by atoms with Crippen LogP contribution in [0.4, 0.5) is 4.39 Å². The predicted octanol–water partition coefficient (Wildman–Crippen LogP) is 7.28. The number of hydrogen-bond donors (Lipinski definition) is 2. The Morgan fingerprint density at radius 1 is 1.26 bits per heavy atom. The van der Waals surface area contributed by atoms with Gasteiger partial charge in [0, 0.05) is 41.1 Å². The molecule has 1 fully saturated rings. The Balaban J connectivity index is 1.51. The van der Waals surface area contributed by atoms with E-state index in [2.05, 4.69) is 41.7 Å². The van der Waals surface area contributed by atoms with Crippen LogP contribution in [0.15, 0.2) is 58.0 Å². The first-order valence-corrected chi connectivity index (χ1v) is 14.8. The molecule has 4 rings (SSSR count). The topological polar surface area (TPSA) is 76.7 Å². The Kier molecular flexibility index (Phi) is 9.78. The number of nitrogens with one attached hydrogen (secondary N) is 1. The number of aryl methyl sites for hydroxylation is 1. The predicted molar refractivity (Wildman–Crippen MR) is 161 cm³/mol. The maximum absolute atomic E-state index is 15.1. The van der Waals surface area contributed by atoms with Crippen LogP contribution in [0.5, 0.6) is 5.75 Å². The zero-order chi connectivity index (χ0) is 27.9. The molecule has 1 aromatic heterocycles. The Labute approximate surface area is 235 Å². The maximum Gasteiger partial charge on any atom is 0.223 e. The van der Waals surface area contributed by atoms with E-state index in [1.807, 2.05) is 19.1 Å². The van der Waals surface area contributed by atoms with Crippen LogP contribution in [0, 0.1) is 17.7 Å². The van der Waals surface area contributed by atoms with Crippen LogP contribution >= 0.6 is 11.3 Å². The first kappa shape index (κ1) is 28.8. The van der Waals surface area contributed by atoms with E-state index in [0.29, 0.717) is 18.0 Å². The standard InChI is InChI=1S/C32H40FN3O2S/c1-20(2)7-5-8-24-19-39-30-14-13-23(17-27(24)30)26-9-6-10-28(33)31(26)38-16-15-25(21(3)35-4)29(34)18-36-32(37)22-11-12-22/h6,9-10,13-14,17,19-20,22H,5,7-8,11-12,15-16,18,34H2,1-4H3,(H,36,37). The molecule has 208 valence electrons. The SMILES string of the molecule is CN=C(C)C(CCOc1c(F)cccc1-c1ccc2scc(CCCC(C)C)c2c1)=C(N)CNC(=O)C1CC1. The largest absolute Gasteiger partial charge is 0.490 e. The lowest BCUT2D eigenvalue weighted by atomic mass is 9.98. The number of amides is 1. The van der Waals surface area contributed by atoms with E-state index in [-0.39, 0.29) is 30.7 Å². The van der Waals surface area contributed by atoms with Crippen molar-refractivity contribution in [2.24, 2.45) is 22.6 Å². The number of benzene rings is 2. The highest BCUT2D eigenvalue weighted by Gasteiger charge is 2.29. The quantitative estimate of drug-likeness (QED) is 0.220. The van der Waals surface area contributed by atoms with E-state index in [1.54, 1.807) is 24.5 Å². The summed E-state index contributed by atoms with van der Waals surface area (Å²) in [7, 11) is 1.71. The number of para-hydroxylation sites is 1. The van der Waals surface area contributed by atoms with Crippen molar-refractivity contribution in [1.82, 2.24) is 5.32 Å². The van der Waals surface area contributed by atoms with E-state index in [0.717, 1.165) is 48.1 Å². The van der Waals surface area contributed by atoms with Crippen LogP contribution in [-0.2, 0) is 11.2 Å². The van der Waals surface area contributed by atoms with Crippen molar-refractivity contribution in [3.63, 3.8) is 0 Å². The molecule has 7 heteroatoms. The van der Waals surface area contributed by atoms with Crippen LogP contribution in [0.2, 0.25) is 0 Å². The summed E-state index contributed by atoms with van der Waals surface area (Å²) in [5.41, 5.74) is 11.5. The van der Waals surface area contributed by atoms with Crippen LogP contribution in [0.1, 0.15) is 58.4 Å². The molecule has 0 aliphatic heterocycles. The minimum atomic E-state index is -0.397. The van der Waals surface area contributed by atoms with Gasteiger partial charge in [-0.05, 0) is 84.2 Å². The number of halogens is 1. The normalized spacial score (nSPS) is 14.6. The van der Waals surface area contributed by atoms with E-state index < -0.39 is 5.82 Å². The summed E-state index contributed by atoms with van der Waals surface area (Å²) < 4.78 is 22.4. The van der Waals surface area contributed by atoms with E-state index in [4.69, 9.17) is 10.5 Å². The number of thiophene rings is 1. The molecule has 5 nitrogen and oxygen atoms in total. The van der Waals surface area contributed by atoms with Crippen LogP contribution in [0.3, 0.4) is 0 Å². The molecular weight excluding hydrogens is 509 g/mol. The monoisotopic (exact) mass is 549 g/mol. The van der Waals surface area contributed by atoms with Gasteiger partial charge in [0.15, 0.2) is 11.6 Å². The van der Waals surface area contributed by atoms with Crippen LogP contribution in [-0.4, -0.2) is 31.8 Å². The lowest BCUT2D eigenvalue weighted by Gasteiger charge is -2.16. The van der Waals surface area contributed by atoms with Crippen LogP contribution in [0.25, 0.3) is 21.2 Å². The number of rotatable bonds is 13. The van der Waals surface area contributed by atoms with Gasteiger partial charge in [0.2, 0.25) is 5.91 Å². The summed E-state index contributed by atoms with van der Waals surface area (Å²) in [4.78, 5) is 16.4. The molecule has 1 amide bonds. The molecule has 0 atom stereocenters. The fraction of sp³-hybridized carbons (Fsp3) is 0.438. The van der Waals surface area contributed by atoms with Crippen molar-refractivity contribution in [1.29, 1.82) is 0 Å². The molecular formula is C32H40FN3O2S. The highest BCUT2D eigenvalue weighted by atomic mass is 32.1. The lowest BCUT2D eigenvalue weighted by Crippen LogP contribution is -2.30. The molecule has 0 bridgehead atoms. The minimum Gasteiger partial charge on any atom is -0.490 e. The maximum atomic E-state index is 15.1. The number of ether oxygens (including phenoxy) is 1. The van der Waals surface area contributed by atoms with Crippen molar-refractivity contribution >= 4 is 33.0 Å². The molecule has 39 heavy (non-hydrogen) atoms. The van der Waals surface area contributed by atoms with E-state index in [9.17, 15) is 4.79 Å². The second-order valence-electron chi connectivity index (χ2n) is 10.8. The zero-order valence-corrected chi connectivity index (χ0v) is 24.3. The lowest BCUT2D eigenvalue weighted by molar-refractivity contribution is -0.122. The average molecular weight is 550 g/mol. The van der Waals surface area contributed by atoms with Gasteiger partial charge in [0.05, 0.1) is 13.2 Å². The molecule has 0 spiro atoms. The molecule has 3 N–H and O–H groups in total. The Morgan fingerprint density at radius 2 is 2.05 bits per heavy atom. The average Bonchev–Trinajstić information content (AvgIpc) is 3.70. The third-order valence-electron chi connectivity index (χ3n) is 7.32. The van der Waals surface area contributed by atoms with Crippen molar-refractivity contribution in [3.05, 3.63) is 64.4 Å². The van der Waals surface area contributed by atoms with Gasteiger partial charge in [-0.1, -0.05) is 38.5 Å². The summed E-state index contributed by atoms with van der Waals surface area (Å²) in [6.45, 7) is 6.89. The summed E-state index contributed by atoms with van der Waals surface area (Å²) in [5.74, 6) is 0.693.